The van der Waals surface area contributed by atoms with Crippen LogP contribution in [0, 0.1) is 0 Å². The summed E-state index contributed by atoms with van der Waals surface area (Å²) in [7, 11) is 0. The molecule has 1 aromatic heterocycles. The number of para-hydroxylation sites is 1. The van der Waals surface area contributed by atoms with E-state index in [4.69, 9.17) is 0 Å². The zero-order valence-electron chi connectivity index (χ0n) is 11.2. The fraction of sp³-hybridized carbons (Fsp3) is 0.333. The highest BCUT2D eigenvalue weighted by Crippen LogP contribution is 2.29. The van der Waals surface area contributed by atoms with E-state index in [0.717, 1.165) is 18.5 Å². The monoisotopic (exact) mass is 297 g/mol. The number of halogens is 2. The molecule has 0 saturated carbocycles. The van der Waals surface area contributed by atoms with Gasteiger partial charge in [-0.2, -0.15) is 8.78 Å². The standard InChI is InChI=1S/C15H17F2NOS/c1-2-18-13(10-11-6-5-9-20-11)12-7-3-4-8-14(12)19-15(16)17/h3-9,13,15,18H,2,10H2,1H3. The van der Waals surface area contributed by atoms with Crippen molar-refractivity contribution < 1.29 is 13.5 Å². The average Bonchev–Trinajstić information content (AvgIpc) is 2.91. The van der Waals surface area contributed by atoms with Gasteiger partial charge in [0.15, 0.2) is 0 Å². The van der Waals surface area contributed by atoms with E-state index in [-0.39, 0.29) is 11.8 Å². The molecule has 0 saturated heterocycles. The summed E-state index contributed by atoms with van der Waals surface area (Å²) in [5.41, 5.74) is 0.767. The molecule has 0 spiro atoms. The van der Waals surface area contributed by atoms with Gasteiger partial charge in [-0.1, -0.05) is 31.2 Å². The SMILES string of the molecule is CCNC(Cc1cccs1)c1ccccc1OC(F)F. The summed E-state index contributed by atoms with van der Waals surface area (Å²) in [6.07, 6.45) is 0.759. The third-order valence-electron chi connectivity index (χ3n) is 2.95. The molecule has 1 unspecified atom stereocenters. The molecular weight excluding hydrogens is 280 g/mol. The molecule has 0 fully saturated rings. The zero-order valence-corrected chi connectivity index (χ0v) is 12.0. The topological polar surface area (TPSA) is 21.3 Å². The lowest BCUT2D eigenvalue weighted by molar-refractivity contribution is -0.0507. The summed E-state index contributed by atoms with van der Waals surface area (Å²) < 4.78 is 29.6. The summed E-state index contributed by atoms with van der Waals surface area (Å²) >= 11 is 1.66. The normalized spacial score (nSPS) is 12.6. The molecule has 2 rings (SSSR count). The van der Waals surface area contributed by atoms with Gasteiger partial charge >= 0.3 is 6.61 Å². The van der Waals surface area contributed by atoms with Gasteiger partial charge in [0.05, 0.1) is 0 Å². The van der Waals surface area contributed by atoms with Crippen LogP contribution in [-0.4, -0.2) is 13.2 Å². The fourth-order valence-corrected chi connectivity index (χ4v) is 2.89. The fourth-order valence-electron chi connectivity index (χ4n) is 2.14. The largest absolute Gasteiger partial charge is 0.434 e. The van der Waals surface area contributed by atoms with E-state index in [1.54, 1.807) is 23.5 Å². The van der Waals surface area contributed by atoms with Crippen molar-refractivity contribution >= 4 is 11.3 Å². The van der Waals surface area contributed by atoms with E-state index in [9.17, 15) is 8.78 Å². The molecule has 20 heavy (non-hydrogen) atoms. The van der Waals surface area contributed by atoms with Gasteiger partial charge < -0.3 is 10.1 Å². The first-order valence-corrected chi connectivity index (χ1v) is 7.38. The number of likely N-dealkylation sites (N-methyl/N-ethyl adjacent to an activating group) is 1. The van der Waals surface area contributed by atoms with Gasteiger partial charge in [0.2, 0.25) is 0 Å². The van der Waals surface area contributed by atoms with Gasteiger partial charge in [0.25, 0.3) is 0 Å². The first-order chi connectivity index (χ1) is 9.70. The van der Waals surface area contributed by atoms with Crippen LogP contribution in [0.25, 0.3) is 0 Å². The zero-order chi connectivity index (χ0) is 14.4. The lowest BCUT2D eigenvalue weighted by atomic mass is 10.0. The van der Waals surface area contributed by atoms with Crippen LogP contribution in [0.1, 0.15) is 23.4 Å². The third kappa shape index (κ3) is 4.02. The molecule has 5 heteroatoms. The summed E-state index contributed by atoms with van der Waals surface area (Å²) in [6.45, 7) is -0.0444. The molecular formula is C15H17F2NOS. The molecule has 1 atom stereocenters. The van der Waals surface area contributed by atoms with Crippen molar-refractivity contribution in [1.82, 2.24) is 5.32 Å². The Morgan fingerprint density at radius 2 is 2.00 bits per heavy atom. The predicted octanol–water partition coefficient (Wildman–Crippen LogP) is 4.24. The van der Waals surface area contributed by atoms with Crippen LogP contribution in [0.5, 0.6) is 5.75 Å². The van der Waals surface area contributed by atoms with Crippen LogP contribution in [0.3, 0.4) is 0 Å². The minimum Gasteiger partial charge on any atom is -0.434 e. The number of hydrogen-bond acceptors (Lipinski definition) is 3. The van der Waals surface area contributed by atoms with E-state index in [0.29, 0.717) is 0 Å². The number of alkyl halides is 2. The molecule has 0 bridgehead atoms. The number of hydrogen-bond donors (Lipinski definition) is 1. The first kappa shape index (κ1) is 14.9. The smallest absolute Gasteiger partial charge is 0.387 e. The van der Waals surface area contributed by atoms with Gasteiger partial charge in [0.1, 0.15) is 5.75 Å². The van der Waals surface area contributed by atoms with Crippen molar-refractivity contribution in [3.8, 4) is 5.75 Å². The van der Waals surface area contributed by atoms with Crippen molar-refractivity contribution in [2.24, 2.45) is 0 Å². The van der Waals surface area contributed by atoms with Crippen LogP contribution < -0.4 is 10.1 Å². The maximum atomic E-state index is 12.5. The van der Waals surface area contributed by atoms with E-state index in [1.165, 1.54) is 4.88 Å². The van der Waals surface area contributed by atoms with E-state index in [2.05, 4.69) is 10.1 Å². The quantitative estimate of drug-likeness (QED) is 0.825. The summed E-state index contributed by atoms with van der Waals surface area (Å²) in [6, 6.07) is 11.0. The van der Waals surface area contributed by atoms with Crippen LogP contribution >= 0.6 is 11.3 Å². The highest BCUT2D eigenvalue weighted by atomic mass is 32.1. The third-order valence-corrected chi connectivity index (χ3v) is 3.85. The number of rotatable bonds is 7. The van der Waals surface area contributed by atoms with Crippen LogP contribution in [0.15, 0.2) is 41.8 Å². The van der Waals surface area contributed by atoms with Gasteiger partial charge in [-0.3, -0.25) is 0 Å². The van der Waals surface area contributed by atoms with Crippen LogP contribution in [-0.2, 0) is 6.42 Å². The second kappa shape index (κ2) is 7.36. The van der Waals surface area contributed by atoms with E-state index >= 15 is 0 Å². The highest BCUT2D eigenvalue weighted by Gasteiger charge is 2.18. The second-order valence-electron chi connectivity index (χ2n) is 4.31. The molecule has 0 aliphatic carbocycles. The van der Waals surface area contributed by atoms with Crippen molar-refractivity contribution in [3.05, 3.63) is 52.2 Å². The number of nitrogens with one attached hydrogen (secondary N) is 1. The maximum Gasteiger partial charge on any atom is 0.387 e. The number of ether oxygens (including phenoxy) is 1. The van der Waals surface area contributed by atoms with Gasteiger partial charge in [-0.25, -0.2) is 0 Å². The van der Waals surface area contributed by atoms with Gasteiger partial charge in [0, 0.05) is 22.9 Å². The van der Waals surface area contributed by atoms with Gasteiger partial charge in [-0.05, 0) is 24.1 Å². The van der Waals surface area contributed by atoms with Crippen LogP contribution in [0.4, 0.5) is 8.78 Å². The van der Waals surface area contributed by atoms with Crippen molar-refractivity contribution in [1.29, 1.82) is 0 Å². The first-order valence-electron chi connectivity index (χ1n) is 6.50. The molecule has 2 aromatic rings. The molecule has 1 aromatic carbocycles. The Morgan fingerprint density at radius 3 is 2.65 bits per heavy atom. The molecule has 108 valence electrons. The minimum absolute atomic E-state index is 0.0337. The Bertz CT molecular complexity index is 516. The van der Waals surface area contributed by atoms with Crippen molar-refractivity contribution in [3.63, 3.8) is 0 Å². The Kier molecular flexibility index (Phi) is 5.49. The highest BCUT2D eigenvalue weighted by molar-refractivity contribution is 7.09. The molecule has 1 heterocycles. The van der Waals surface area contributed by atoms with E-state index < -0.39 is 6.61 Å². The number of benzene rings is 1. The predicted molar refractivity (Wildman–Crippen MR) is 77.5 cm³/mol. The van der Waals surface area contributed by atoms with Crippen molar-refractivity contribution in [2.45, 2.75) is 26.0 Å². The van der Waals surface area contributed by atoms with Gasteiger partial charge in [-0.15, -0.1) is 11.3 Å². The average molecular weight is 297 g/mol. The summed E-state index contributed by atoms with van der Waals surface area (Å²) in [4.78, 5) is 1.21. The second-order valence-corrected chi connectivity index (χ2v) is 5.34. The summed E-state index contributed by atoms with van der Waals surface area (Å²) in [5, 5.41) is 5.35. The number of thiophene rings is 1. The van der Waals surface area contributed by atoms with Crippen LogP contribution in [0.2, 0.25) is 0 Å². The molecule has 0 amide bonds. The summed E-state index contributed by atoms with van der Waals surface area (Å²) in [5.74, 6) is 0.241. The Morgan fingerprint density at radius 1 is 1.20 bits per heavy atom. The Hall–Kier alpha value is -1.46. The molecule has 2 nitrogen and oxygen atoms in total. The maximum absolute atomic E-state index is 12.5. The lowest BCUT2D eigenvalue weighted by Crippen LogP contribution is -2.23. The Labute approximate surface area is 121 Å². The molecule has 0 aliphatic heterocycles. The molecule has 0 aliphatic rings. The van der Waals surface area contributed by atoms with Crippen molar-refractivity contribution in [2.75, 3.05) is 6.54 Å². The molecule has 1 N–H and O–H groups in total. The molecule has 0 radical (unpaired) electrons. The van der Waals surface area contributed by atoms with E-state index in [1.807, 2.05) is 36.6 Å². The lowest BCUT2D eigenvalue weighted by Gasteiger charge is -2.20. The Balaban J connectivity index is 2.24. The minimum atomic E-state index is -2.81.